The molecule has 0 bridgehead atoms. The zero-order valence-electron chi connectivity index (χ0n) is 19.8. The normalized spacial score (nSPS) is 14.2. The molecule has 1 fully saturated rings. The van der Waals surface area contributed by atoms with Gasteiger partial charge in [-0.1, -0.05) is 48.0 Å². The van der Waals surface area contributed by atoms with Gasteiger partial charge in [0.25, 0.3) is 5.91 Å². The smallest absolute Gasteiger partial charge is 0.368 e. The molecule has 4 aromatic rings. The van der Waals surface area contributed by atoms with Gasteiger partial charge in [0.2, 0.25) is 0 Å². The van der Waals surface area contributed by atoms with E-state index in [9.17, 15) is 18.0 Å². The Morgan fingerprint density at radius 3 is 2.32 bits per heavy atom. The molecule has 0 unspecified atom stereocenters. The highest BCUT2D eigenvalue weighted by Gasteiger charge is 2.31. The monoisotopic (exact) mass is 524 g/mol. The van der Waals surface area contributed by atoms with E-state index < -0.39 is 11.7 Å². The van der Waals surface area contributed by atoms with Crippen molar-refractivity contribution in [3.63, 3.8) is 0 Å². The number of aromatic nitrogens is 1. The van der Waals surface area contributed by atoms with Crippen molar-refractivity contribution in [1.82, 2.24) is 10.3 Å². The van der Waals surface area contributed by atoms with Crippen LogP contribution in [0.15, 0.2) is 78.9 Å². The number of hydrogen-bond acceptors (Lipinski definition) is 4. The fraction of sp³-hybridized carbons (Fsp3) is 0.214. The van der Waals surface area contributed by atoms with E-state index in [1.54, 1.807) is 24.3 Å². The third-order valence-electron chi connectivity index (χ3n) is 6.46. The van der Waals surface area contributed by atoms with Crippen molar-refractivity contribution in [2.45, 2.75) is 12.7 Å². The molecular weight excluding hydrogens is 501 g/mol. The fourth-order valence-electron chi connectivity index (χ4n) is 4.46. The summed E-state index contributed by atoms with van der Waals surface area (Å²) in [4.78, 5) is 22.0. The number of benzene rings is 3. The molecule has 1 saturated heterocycles. The van der Waals surface area contributed by atoms with E-state index in [4.69, 9.17) is 16.6 Å². The first-order valence-corrected chi connectivity index (χ1v) is 12.3. The quantitative estimate of drug-likeness (QED) is 0.339. The molecule has 1 aliphatic heterocycles. The number of piperazine rings is 1. The van der Waals surface area contributed by atoms with Crippen LogP contribution in [0.25, 0.3) is 10.9 Å². The van der Waals surface area contributed by atoms with Gasteiger partial charge in [0, 0.05) is 48.8 Å². The molecule has 1 N–H and O–H groups in total. The van der Waals surface area contributed by atoms with Crippen molar-refractivity contribution < 1.29 is 18.0 Å². The number of pyridine rings is 1. The highest BCUT2D eigenvalue weighted by Crippen LogP contribution is 2.32. The molecule has 1 aromatic heterocycles. The molecule has 2 heterocycles. The molecule has 3 aromatic carbocycles. The molecule has 0 spiro atoms. The molecule has 5 nitrogen and oxygen atoms in total. The predicted octanol–water partition coefficient (Wildman–Crippen LogP) is 6.16. The van der Waals surface area contributed by atoms with E-state index in [1.165, 1.54) is 12.1 Å². The maximum absolute atomic E-state index is 13.2. The average Bonchev–Trinajstić information content (AvgIpc) is 2.91. The van der Waals surface area contributed by atoms with Gasteiger partial charge < -0.3 is 15.1 Å². The van der Waals surface area contributed by atoms with Gasteiger partial charge in [-0.15, -0.1) is 0 Å². The first kappa shape index (κ1) is 24.9. The first-order chi connectivity index (χ1) is 17.8. The van der Waals surface area contributed by atoms with E-state index >= 15 is 0 Å². The molecule has 0 radical (unpaired) electrons. The van der Waals surface area contributed by atoms with Crippen molar-refractivity contribution in [3.8, 4) is 0 Å². The number of carbonyl (C=O) groups excluding carboxylic acids is 1. The van der Waals surface area contributed by atoms with Gasteiger partial charge in [-0.05, 0) is 48.0 Å². The number of nitrogens with one attached hydrogen (secondary N) is 1. The third kappa shape index (κ3) is 5.64. The molecule has 0 saturated carbocycles. The molecular formula is C28H24ClF3N4O. The van der Waals surface area contributed by atoms with Crippen molar-refractivity contribution in [1.29, 1.82) is 0 Å². The number of halogens is 4. The number of hydrogen-bond donors (Lipinski definition) is 1. The minimum absolute atomic E-state index is 0.211. The fourth-order valence-corrected chi connectivity index (χ4v) is 4.59. The van der Waals surface area contributed by atoms with Gasteiger partial charge in [-0.2, -0.15) is 13.2 Å². The molecule has 1 amide bonds. The lowest BCUT2D eigenvalue weighted by molar-refractivity contribution is -0.137. The Kier molecular flexibility index (Phi) is 6.93. The Balaban J connectivity index is 1.34. The van der Waals surface area contributed by atoms with Gasteiger partial charge in [-0.3, -0.25) is 4.79 Å². The van der Waals surface area contributed by atoms with Gasteiger partial charge >= 0.3 is 6.18 Å². The second kappa shape index (κ2) is 10.3. The number of anilines is 2. The minimum atomic E-state index is -4.38. The zero-order valence-corrected chi connectivity index (χ0v) is 20.6. The van der Waals surface area contributed by atoms with Crippen LogP contribution in [-0.2, 0) is 12.7 Å². The standard InChI is InChI=1S/C28H24ClF3N4O/c29-21-10-8-19(9-11-21)18-33-27(37)24-17-26(34-25-7-2-1-6-23(24)25)36-14-12-35(13-15-36)22-5-3-4-20(16-22)28(30,31)32/h1-11,16-17H,12-15,18H2,(H,33,37). The van der Waals surface area contributed by atoms with Crippen molar-refractivity contribution in [2.24, 2.45) is 0 Å². The lowest BCUT2D eigenvalue weighted by Gasteiger charge is -2.37. The van der Waals surface area contributed by atoms with Gasteiger partial charge in [0.1, 0.15) is 5.82 Å². The van der Waals surface area contributed by atoms with Crippen LogP contribution in [0.5, 0.6) is 0 Å². The summed E-state index contributed by atoms with van der Waals surface area (Å²) < 4.78 is 39.4. The third-order valence-corrected chi connectivity index (χ3v) is 6.71. The highest BCUT2D eigenvalue weighted by molar-refractivity contribution is 6.30. The largest absolute Gasteiger partial charge is 0.416 e. The Morgan fingerprint density at radius 2 is 1.59 bits per heavy atom. The minimum Gasteiger partial charge on any atom is -0.368 e. The van der Waals surface area contributed by atoms with Crippen LogP contribution < -0.4 is 15.1 Å². The predicted molar refractivity (Wildman–Crippen MR) is 140 cm³/mol. The van der Waals surface area contributed by atoms with Crippen LogP contribution in [0.3, 0.4) is 0 Å². The van der Waals surface area contributed by atoms with E-state index in [-0.39, 0.29) is 5.91 Å². The lowest BCUT2D eigenvalue weighted by Crippen LogP contribution is -2.47. The van der Waals surface area contributed by atoms with E-state index in [1.807, 2.05) is 41.3 Å². The van der Waals surface area contributed by atoms with E-state index in [0.717, 1.165) is 17.0 Å². The van der Waals surface area contributed by atoms with Crippen molar-refractivity contribution in [2.75, 3.05) is 36.0 Å². The van der Waals surface area contributed by atoms with Crippen molar-refractivity contribution in [3.05, 3.63) is 101 Å². The van der Waals surface area contributed by atoms with Crippen LogP contribution in [0, 0.1) is 0 Å². The van der Waals surface area contributed by atoms with Crippen LogP contribution in [-0.4, -0.2) is 37.1 Å². The molecule has 9 heteroatoms. The number of carbonyl (C=O) groups is 1. The van der Waals surface area contributed by atoms with Gasteiger partial charge in [-0.25, -0.2) is 4.98 Å². The van der Waals surface area contributed by atoms with Gasteiger partial charge in [0.15, 0.2) is 0 Å². The molecule has 37 heavy (non-hydrogen) atoms. The van der Waals surface area contributed by atoms with Crippen LogP contribution in [0.4, 0.5) is 24.7 Å². The first-order valence-electron chi connectivity index (χ1n) is 11.9. The Labute approximate surface area is 217 Å². The second-order valence-electron chi connectivity index (χ2n) is 8.88. The topological polar surface area (TPSA) is 48.5 Å². The summed E-state index contributed by atoms with van der Waals surface area (Å²) in [6.07, 6.45) is -4.38. The molecule has 190 valence electrons. The Morgan fingerprint density at radius 1 is 0.892 bits per heavy atom. The molecule has 0 aliphatic carbocycles. The van der Waals surface area contributed by atoms with Gasteiger partial charge in [0.05, 0.1) is 16.6 Å². The summed E-state index contributed by atoms with van der Waals surface area (Å²) in [5.74, 6) is 0.455. The van der Waals surface area contributed by atoms with Crippen molar-refractivity contribution >= 4 is 39.9 Å². The second-order valence-corrected chi connectivity index (χ2v) is 9.31. The van der Waals surface area contributed by atoms with Crippen LogP contribution >= 0.6 is 11.6 Å². The maximum Gasteiger partial charge on any atom is 0.416 e. The summed E-state index contributed by atoms with van der Waals surface area (Å²) in [6, 6.07) is 22.0. The summed E-state index contributed by atoms with van der Waals surface area (Å²) in [6.45, 7) is 2.56. The highest BCUT2D eigenvalue weighted by atomic mass is 35.5. The van der Waals surface area contributed by atoms with Crippen LogP contribution in [0.1, 0.15) is 21.5 Å². The lowest BCUT2D eigenvalue weighted by atomic mass is 10.1. The Bertz CT molecular complexity index is 1420. The SMILES string of the molecule is O=C(NCc1ccc(Cl)cc1)c1cc(N2CCN(c3cccc(C(F)(F)F)c3)CC2)nc2ccccc12. The zero-order chi connectivity index (χ0) is 26.0. The number of fused-ring (bicyclic) bond motifs is 1. The number of alkyl halides is 3. The van der Waals surface area contributed by atoms with Crippen LogP contribution in [0.2, 0.25) is 5.02 Å². The van der Waals surface area contributed by atoms with E-state index in [0.29, 0.717) is 60.3 Å². The molecule has 5 rings (SSSR count). The summed E-state index contributed by atoms with van der Waals surface area (Å²) in [5, 5.41) is 4.36. The van der Waals surface area contributed by atoms with E-state index in [2.05, 4.69) is 10.2 Å². The maximum atomic E-state index is 13.2. The average molecular weight is 525 g/mol. The number of amides is 1. The Hall–Kier alpha value is -3.78. The molecule has 0 atom stereocenters. The summed E-state index contributed by atoms with van der Waals surface area (Å²) >= 11 is 5.95. The summed E-state index contributed by atoms with van der Waals surface area (Å²) in [7, 11) is 0. The number of para-hydroxylation sites is 1. The number of nitrogens with zero attached hydrogens (tertiary/aromatic N) is 3. The summed E-state index contributed by atoms with van der Waals surface area (Å²) in [5.41, 5.74) is 2.05. The molecule has 1 aliphatic rings. The number of rotatable bonds is 5.